The van der Waals surface area contributed by atoms with Gasteiger partial charge >= 0.3 is 5.97 Å². The lowest BCUT2D eigenvalue weighted by molar-refractivity contribution is -0.384. The van der Waals surface area contributed by atoms with Crippen LogP contribution in [0.25, 0.3) is 12.2 Å². The van der Waals surface area contributed by atoms with Crippen LogP contribution in [0.4, 0.5) is 11.4 Å². The number of nitro benzene ring substituents is 1. The molecule has 238 valence electrons. The molecule has 4 aromatic carbocycles. The van der Waals surface area contributed by atoms with Crippen molar-refractivity contribution in [3.63, 3.8) is 0 Å². The van der Waals surface area contributed by atoms with Gasteiger partial charge in [0, 0.05) is 24.6 Å². The Morgan fingerprint density at radius 2 is 1.45 bits per heavy atom. The van der Waals surface area contributed by atoms with E-state index in [1.165, 1.54) is 29.2 Å². The van der Waals surface area contributed by atoms with Crippen LogP contribution in [0.15, 0.2) is 97.1 Å². The van der Waals surface area contributed by atoms with Gasteiger partial charge in [-0.2, -0.15) is 0 Å². The largest absolute Gasteiger partial charge is 0.480 e. The molecule has 0 saturated carbocycles. The van der Waals surface area contributed by atoms with Gasteiger partial charge in [-0.15, -0.1) is 0 Å². The topological polar surface area (TPSA) is 130 Å². The summed E-state index contributed by atoms with van der Waals surface area (Å²) in [6, 6.07) is 27.9. The van der Waals surface area contributed by atoms with Crippen molar-refractivity contribution in [1.29, 1.82) is 0 Å². The molecule has 4 unspecified atom stereocenters. The monoisotopic (exact) mass is 629 g/mol. The van der Waals surface area contributed by atoms with E-state index < -0.39 is 46.1 Å². The summed E-state index contributed by atoms with van der Waals surface area (Å²) in [5.74, 6) is -4.47. The van der Waals surface area contributed by atoms with Crippen molar-refractivity contribution in [2.75, 3.05) is 4.90 Å². The highest BCUT2D eigenvalue weighted by Crippen LogP contribution is 2.51. The molecule has 2 saturated heterocycles. The molecular formula is C38H35N3O6. The quantitative estimate of drug-likeness (QED) is 0.0898. The van der Waals surface area contributed by atoms with Crippen LogP contribution in [0.3, 0.4) is 0 Å². The second kappa shape index (κ2) is 12.8. The van der Waals surface area contributed by atoms with Gasteiger partial charge < -0.3 is 5.11 Å². The third-order valence-electron chi connectivity index (χ3n) is 9.42. The van der Waals surface area contributed by atoms with Gasteiger partial charge in [0.2, 0.25) is 11.8 Å². The number of nitro groups is 1. The highest BCUT2D eigenvalue weighted by molar-refractivity contribution is 6.25. The number of hydrogen-bond acceptors (Lipinski definition) is 6. The van der Waals surface area contributed by atoms with E-state index >= 15 is 0 Å². The van der Waals surface area contributed by atoms with E-state index in [4.69, 9.17) is 0 Å². The fraction of sp³-hybridized carbons (Fsp3) is 0.237. The number of carbonyl (C=O) groups excluding carboxylic acids is 2. The minimum absolute atomic E-state index is 0.128. The molecule has 2 fully saturated rings. The van der Waals surface area contributed by atoms with E-state index in [9.17, 15) is 29.6 Å². The maximum Gasteiger partial charge on any atom is 0.325 e. The first-order valence-electron chi connectivity index (χ1n) is 15.7. The van der Waals surface area contributed by atoms with E-state index in [0.29, 0.717) is 29.7 Å². The number of carboxylic acid groups (broad SMARTS) is 1. The number of aliphatic carboxylic acids is 1. The Bertz CT molecular complexity index is 1850. The summed E-state index contributed by atoms with van der Waals surface area (Å²) >= 11 is 0. The number of hydrogen-bond donors (Lipinski definition) is 2. The summed E-state index contributed by atoms with van der Waals surface area (Å²) in [5, 5.41) is 25.4. The van der Waals surface area contributed by atoms with Crippen LogP contribution in [-0.4, -0.2) is 33.4 Å². The molecule has 0 aromatic heterocycles. The van der Waals surface area contributed by atoms with Gasteiger partial charge in [0.1, 0.15) is 5.54 Å². The van der Waals surface area contributed by atoms with E-state index in [2.05, 4.69) is 5.32 Å². The average molecular weight is 630 g/mol. The second-order valence-electron chi connectivity index (χ2n) is 12.1. The molecule has 4 aromatic rings. The van der Waals surface area contributed by atoms with Gasteiger partial charge in [0.15, 0.2) is 0 Å². The molecule has 47 heavy (non-hydrogen) atoms. The Kier molecular flexibility index (Phi) is 8.58. The number of fused-ring (bicyclic) bond motifs is 1. The molecule has 9 nitrogen and oxygen atoms in total. The summed E-state index contributed by atoms with van der Waals surface area (Å²) in [4.78, 5) is 54.4. The van der Waals surface area contributed by atoms with Crippen LogP contribution < -0.4 is 10.2 Å². The number of carboxylic acids is 1. The van der Waals surface area contributed by atoms with Crippen LogP contribution in [0.5, 0.6) is 0 Å². The lowest BCUT2D eigenvalue weighted by atomic mass is 9.76. The zero-order chi connectivity index (χ0) is 33.3. The first kappa shape index (κ1) is 31.6. The average Bonchev–Trinajstić information content (AvgIpc) is 3.57. The van der Waals surface area contributed by atoms with Gasteiger partial charge in [-0.05, 0) is 46.2 Å². The number of non-ortho nitro benzene ring substituents is 1. The van der Waals surface area contributed by atoms with Crippen molar-refractivity contribution in [1.82, 2.24) is 5.32 Å². The predicted octanol–water partition coefficient (Wildman–Crippen LogP) is 6.41. The van der Waals surface area contributed by atoms with Gasteiger partial charge in [-0.25, -0.2) is 4.90 Å². The Morgan fingerprint density at radius 3 is 2.00 bits per heavy atom. The summed E-state index contributed by atoms with van der Waals surface area (Å²) in [7, 11) is 0. The van der Waals surface area contributed by atoms with Crippen LogP contribution >= 0.6 is 0 Å². The van der Waals surface area contributed by atoms with Gasteiger partial charge in [0.25, 0.3) is 5.69 Å². The Morgan fingerprint density at radius 1 is 0.851 bits per heavy atom. The number of para-hydroxylation sites is 1. The fourth-order valence-corrected chi connectivity index (χ4v) is 7.08. The zero-order valence-electron chi connectivity index (χ0n) is 26.1. The number of imide groups is 1. The molecule has 2 heterocycles. The van der Waals surface area contributed by atoms with Crippen molar-refractivity contribution in [2.45, 2.75) is 44.7 Å². The van der Waals surface area contributed by atoms with Gasteiger partial charge in [-0.1, -0.05) is 111 Å². The molecule has 4 atom stereocenters. The Balaban J connectivity index is 1.44. The molecular weight excluding hydrogens is 594 g/mol. The van der Waals surface area contributed by atoms with Crippen LogP contribution in [0.1, 0.15) is 53.3 Å². The normalized spacial score (nSPS) is 22.2. The van der Waals surface area contributed by atoms with Crippen molar-refractivity contribution < 1.29 is 24.4 Å². The van der Waals surface area contributed by atoms with Crippen LogP contribution in [-0.2, 0) is 33.6 Å². The third-order valence-corrected chi connectivity index (χ3v) is 9.42. The van der Waals surface area contributed by atoms with Crippen molar-refractivity contribution in [3.05, 3.63) is 141 Å². The molecule has 0 radical (unpaired) electrons. The van der Waals surface area contributed by atoms with E-state index in [1.54, 1.807) is 0 Å². The number of rotatable bonds is 10. The SMILES string of the molecule is CCc1cccc(CC)c1N1C(=O)C2C(c3ccc(/C=C/c4ccccc4)cc3)NC(Cc3ccc([N+](=O)[O-])cc3)(C(=O)O)C2C1=O. The molecule has 0 spiro atoms. The molecule has 0 bridgehead atoms. The molecule has 9 heteroatoms. The van der Waals surface area contributed by atoms with Crippen molar-refractivity contribution in [2.24, 2.45) is 11.8 Å². The zero-order valence-corrected chi connectivity index (χ0v) is 26.1. The summed E-state index contributed by atoms with van der Waals surface area (Å²) in [6.45, 7) is 3.91. The molecule has 2 amide bonds. The molecule has 0 aliphatic carbocycles. The van der Waals surface area contributed by atoms with E-state index in [-0.39, 0.29) is 12.1 Å². The number of amides is 2. The number of aryl methyl sites for hydroxylation is 2. The smallest absolute Gasteiger partial charge is 0.325 e. The number of anilines is 1. The standard InChI is InChI=1S/C38H35N3O6/c1-3-27-11-8-12-28(4-2)34(27)40-35(42)31-32(36(40)43)38(37(44)45,23-26-17-21-30(22-18-26)41(46)47)39-33(31)29-19-15-25(16-20-29)14-13-24-9-6-5-7-10-24/h5-22,31-33,39H,3-4,23H2,1-2H3,(H,44,45)/b14-13+. The third kappa shape index (κ3) is 5.63. The van der Waals surface area contributed by atoms with Crippen LogP contribution in [0.2, 0.25) is 0 Å². The van der Waals surface area contributed by atoms with E-state index in [0.717, 1.165) is 22.3 Å². The second-order valence-corrected chi connectivity index (χ2v) is 12.1. The van der Waals surface area contributed by atoms with Crippen molar-refractivity contribution >= 4 is 41.3 Å². The van der Waals surface area contributed by atoms with Gasteiger partial charge in [-0.3, -0.25) is 29.8 Å². The predicted molar refractivity (Wildman–Crippen MR) is 180 cm³/mol. The minimum Gasteiger partial charge on any atom is -0.480 e. The maximum atomic E-state index is 14.5. The molecule has 2 aliphatic heterocycles. The highest BCUT2D eigenvalue weighted by atomic mass is 16.6. The lowest BCUT2D eigenvalue weighted by Gasteiger charge is -2.32. The number of nitrogens with zero attached hydrogens (tertiary/aromatic N) is 2. The summed E-state index contributed by atoms with van der Waals surface area (Å²) in [5.41, 5.74) is 3.37. The summed E-state index contributed by atoms with van der Waals surface area (Å²) in [6.07, 6.45) is 4.98. The first-order valence-corrected chi connectivity index (χ1v) is 15.7. The number of benzene rings is 4. The highest BCUT2D eigenvalue weighted by Gasteiger charge is 2.68. The van der Waals surface area contributed by atoms with Crippen LogP contribution in [0, 0.1) is 22.0 Å². The first-order chi connectivity index (χ1) is 22.7. The van der Waals surface area contributed by atoms with E-state index in [1.807, 2.05) is 98.8 Å². The van der Waals surface area contributed by atoms with Gasteiger partial charge in [0.05, 0.1) is 22.4 Å². The maximum absolute atomic E-state index is 14.5. The number of carbonyl (C=O) groups is 3. The number of nitrogens with one attached hydrogen (secondary N) is 1. The summed E-state index contributed by atoms with van der Waals surface area (Å²) < 4.78 is 0. The van der Waals surface area contributed by atoms with Crippen molar-refractivity contribution in [3.8, 4) is 0 Å². The molecule has 2 aliphatic rings. The fourth-order valence-electron chi connectivity index (χ4n) is 7.08. The molecule has 2 N–H and O–H groups in total. The minimum atomic E-state index is -1.85. The molecule has 6 rings (SSSR count). The Hall–Kier alpha value is -5.41. The lowest BCUT2D eigenvalue weighted by Crippen LogP contribution is -2.57. The Labute approximate surface area is 272 Å².